The van der Waals surface area contributed by atoms with Crippen molar-refractivity contribution in [3.05, 3.63) is 59.2 Å². The molecule has 0 heterocycles. The van der Waals surface area contributed by atoms with E-state index < -0.39 is 18.0 Å². The fourth-order valence-corrected chi connectivity index (χ4v) is 2.01. The number of phenolic OH excluding ortho intramolecular Hbond substituents is 1. The molecule has 0 spiro atoms. The number of nitrogens with one attached hydrogen (secondary N) is 1. The number of nitrogens with zero attached hydrogens (tertiary/aromatic N) is 1. The summed E-state index contributed by atoms with van der Waals surface area (Å²) >= 11 is 0. The van der Waals surface area contributed by atoms with Crippen LogP contribution in [0.2, 0.25) is 0 Å². The molecule has 6 heteroatoms. The van der Waals surface area contributed by atoms with Crippen LogP contribution in [0, 0.1) is 18.3 Å². The lowest BCUT2D eigenvalue weighted by Gasteiger charge is -2.14. The highest BCUT2D eigenvalue weighted by Gasteiger charge is 2.21. The Morgan fingerprint density at radius 2 is 1.96 bits per heavy atom. The summed E-state index contributed by atoms with van der Waals surface area (Å²) in [7, 11) is 0. The quantitative estimate of drug-likeness (QED) is 0.842. The van der Waals surface area contributed by atoms with Gasteiger partial charge in [0, 0.05) is 0 Å². The van der Waals surface area contributed by atoms with Crippen LogP contribution in [0.1, 0.15) is 28.4 Å². The van der Waals surface area contributed by atoms with Crippen molar-refractivity contribution in [2.45, 2.75) is 20.0 Å². The van der Waals surface area contributed by atoms with Crippen molar-refractivity contribution < 1.29 is 19.4 Å². The van der Waals surface area contributed by atoms with Gasteiger partial charge < -0.3 is 15.2 Å². The summed E-state index contributed by atoms with van der Waals surface area (Å²) in [4.78, 5) is 24.2. The Labute approximate surface area is 139 Å². The molecule has 0 bridgehead atoms. The van der Waals surface area contributed by atoms with Gasteiger partial charge >= 0.3 is 5.97 Å². The second-order valence-corrected chi connectivity index (χ2v) is 5.21. The molecule has 0 saturated carbocycles. The minimum atomic E-state index is -1.09. The lowest BCUT2D eigenvalue weighted by Crippen LogP contribution is -2.30. The number of nitriles is 1. The highest BCUT2D eigenvalue weighted by Crippen LogP contribution is 2.20. The maximum absolute atomic E-state index is 12.1. The van der Waals surface area contributed by atoms with Gasteiger partial charge in [0.1, 0.15) is 17.4 Å². The predicted molar refractivity (Wildman–Crippen MR) is 87.5 cm³/mol. The molecule has 2 rings (SSSR count). The monoisotopic (exact) mass is 324 g/mol. The summed E-state index contributed by atoms with van der Waals surface area (Å²) in [5.41, 5.74) is 1.42. The molecule has 0 aliphatic rings. The number of carbonyl (C=O) groups is 2. The van der Waals surface area contributed by atoms with Crippen LogP contribution in [-0.4, -0.2) is 23.1 Å². The minimum Gasteiger partial charge on any atom is -0.507 e. The molecule has 0 radical (unpaired) electrons. The molecule has 6 nitrogen and oxygen atoms in total. The maximum atomic E-state index is 12.1. The van der Waals surface area contributed by atoms with Gasteiger partial charge in [0.25, 0.3) is 5.91 Å². The third-order valence-electron chi connectivity index (χ3n) is 3.33. The van der Waals surface area contributed by atoms with Crippen LogP contribution in [0.25, 0.3) is 0 Å². The van der Waals surface area contributed by atoms with E-state index in [1.165, 1.54) is 19.1 Å². The van der Waals surface area contributed by atoms with E-state index in [-0.39, 0.29) is 11.3 Å². The van der Waals surface area contributed by atoms with Gasteiger partial charge in [-0.2, -0.15) is 5.26 Å². The van der Waals surface area contributed by atoms with Crippen molar-refractivity contribution in [1.82, 2.24) is 0 Å². The van der Waals surface area contributed by atoms with Gasteiger partial charge in [0.2, 0.25) is 0 Å². The number of para-hydroxylation sites is 1. The van der Waals surface area contributed by atoms with Gasteiger partial charge in [-0.05, 0) is 38.1 Å². The van der Waals surface area contributed by atoms with Gasteiger partial charge in [-0.25, -0.2) is 4.79 Å². The summed E-state index contributed by atoms with van der Waals surface area (Å²) in [5.74, 6) is -1.58. The van der Waals surface area contributed by atoms with E-state index in [0.717, 1.165) is 5.56 Å². The van der Waals surface area contributed by atoms with Gasteiger partial charge in [-0.15, -0.1) is 0 Å². The van der Waals surface area contributed by atoms with E-state index in [4.69, 9.17) is 10.00 Å². The number of aromatic hydroxyl groups is 1. The molecule has 0 fully saturated rings. The molecule has 0 aliphatic carbocycles. The van der Waals surface area contributed by atoms with E-state index in [1.54, 1.807) is 37.3 Å². The Kier molecular flexibility index (Phi) is 5.17. The molecular formula is C18H16N2O4. The number of benzene rings is 2. The summed E-state index contributed by atoms with van der Waals surface area (Å²) in [6, 6.07) is 13.0. The molecule has 1 atom stereocenters. The van der Waals surface area contributed by atoms with Crippen molar-refractivity contribution in [3.63, 3.8) is 0 Å². The first-order valence-electron chi connectivity index (χ1n) is 7.23. The third kappa shape index (κ3) is 3.90. The number of carbonyl (C=O) groups excluding carboxylic acids is 2. The topological polar surface area (TPSA) is 99.4 Å². The number of aryl methyl sites for hydroxylation is 1. The van der Waals surface area contributed by atoms with Crippen LogP contribution in [0.4, 0.5) is 5.69 Å². The molecule has 2 aromatic rings. The number of ether oxygens (including phenoxy) is 1. The molecule has 0 saturated heterocycles. The van der Waals surface area contributed by atoms with Crippen LogP contribution in [0.3, 0.4) is 0 Å². The lowest BCUT2D eigenvalue weighted by molar-refractivity contribution is -0.123. The van der Waals surface area contributed by atoms with E-state index in [9.17, 15) is 14.7 Å². The van der Waals surface area contributed by atoms with Crippen molar-refractivity contribution in [2.75, 3.05) is 5.32 Å². The second-order valence-electron chi connectivity index (χ2n) is 5.21. The zero-order valence-corrected chi connectivity index (χ0v) is 13.2. The molecule has 1 amide bonds. The average molecular weight is 324 g/mol. The second kappa shape index (κ2) is 7.29. The number of hydrogen-bond acceptors (Lipinski definition) is 5. The van der Waals surface area contributed by atoms with E-state index in [1.807, 2.05) is 6.07 Å². The Hall–Kier alpha value is -3.33. The zero-order chi connectivity index (χ0) is 17.7. The lowest BCUT2D eigenvalue weighted by atomic mass is 10.1. The first-order chi connectivity index (χ1) is 11.4. The average Bonchev–Trinajstić information content (AvgIpc) is 2.57. The summed E-state index contributed by atoms with van der Waals surface area (Å²) in [6.07, 6.45) is -1.09. The number of anilines is 1. The molecule has 0 aromatic heterocycles. The molecule has 2 N–H and O–H groups in total. The van der Waals surface area contributed by atoms with Gasteiger partial charge in [0.05, 0.1) is 11.3 Å². The standard InChI is InChI=1S/C18H16N2O4/c1-11-7-8-16(21)14(9-11)18(23)24-12(2)17(22)20-15-6-4-3-5-13(15)10-19/h3-9,12,21H,1-2H3,(H,20,22)/t12-/m1/s1. The Bertz CT molecular complexity index is 824. The number of amides is 1. The predicted octanol–water partition coefficient (Wildman–Crippen LogP) is 2.76. The highest BCUT2D eigenvalue weighted by molar-refractivity contribution is 5.98. The van der Waals surface area contributed by atoms with Crippen molar-refractivity contribution in [3.8, 4) is 11.8 Å². The van der Waals surface area contributed by atoms with Crippen molar-refractivity contribution in [1.29, 1.82) is 5.26 Å². The fraction of sp³-hybridized carbons (Fsp3) is 0.167. The maximum Gasteiger partial charge on any atom is 0.342 e. The Morgan fingerprint density at radius 3 is 2.67 bits per heavy atom. The van der Waals surface area contributed by atoms with Gasteiger partial charge in [-0.3, -0.25) is 4.79 Å². The van der Waals surface area contributed by atoms with E-state index in [2.05, 4.69) is 5.32 Å². The van der Waals surface area contributed by atoms with Crippen molar-refractivity contribution in [2.24, 2.45) is 0 Å². The van der Waals surface area contributed by atoms with Crippen LogP contribution < -0.4 is 5.32 Å². The van der Waals surface area contributed by atoms with Crippen LogP contribution in [0.5, 0.6) is 5.75 Å². The normalized spacial score (nSPS) is 11.2. The molecule has 122 valence electrons. The number of hydrogen-bond donors (Lipinski definition) is 2. The third-order valence-corrected chi connectivity index (χ3v) is 3.33. The zero-order valence-electron chi connectivity index (χ0n) is 13.2. The Morgan fingerprint density at radius 1 is 1.25 bits per heavy atom. The summed E-state index contributed by atoms with van der Waals surface area (Å²) in [6.45, 7) is 3.18. The minimum absolute atomic E-state index is 0.00734. The molecule has 24 heavy (non-hydrogen) atoms. The molecular weight excluding hydrogens is 308 g/mol. The largest absolute Gasteiger partial charge is 0.507 e. The molecule has 0 unspecified atom stereocenters. The highest BCUT2D eigenvalue weighted by atomic mass is 16.5. The molecule has 2 aromatic carbocycles. The van der Waals surface area contributed by atoms with Crippen LogP contribution in [-0.2, 0) is 9.53 Å². The van der Waals surface area contributed by atoms with Gasteiger partial charge in [-0.1, -0.05) is 23.8 Å². The first kappa shape index (κ1) is 17.0. The SMILES string of the molecule is Cc1ccc(O)c(C(=O)O[C@H](C)C(=O)Nc2ccccc2C#N)c1. The number of esters is 1. The van der Waals surface area contributed by atoms with Gasteiger partial charge in [0.15, 0.2) is 6.10 Å². The van der Waals surface area contributed by atoms with Crippen molar-refractivity contribution >= 4 is 17.6 Å². The van der Waals surface area contributed by atoms with E-state index >= 15 is 0 Å². The molecule has 0 aliphatic heterocycles. The summed E-state index contributed by atoms with van der Waals surface area (Å²) < 4.78 is 5.09. The van der Waals surface area contributed by atoms with Crippen LogP contribution >= 0.6 is 0 Å². The fourth-order valence-electron chi connectivity index (χ4n) is 2.01. The number of phenols is 1. The first-order valence-corrected chi connectivity index (χ1v) is 7.23. The number of rotatable bonds is 4. The summed E-state index contributed by atoms with van der Waals surface area (Å²) in [5, 5.41) is 21.3. The smallest absolute Gasteiger partial charge is 0.342 e. The van der Waals surface area contributed by atoms with E-state index in [0.29, 0.717) is 11.3 Å². The van der Waals surface area contributed by atoms with Crippen LogP contribution in [0.15, 0.2) is 42.5 Å². The Balaban J connectivity index is 2.07.